The van der Waals surface area contributed by atoms with E-state index in [0.717, 1.165) is 51.4 Å². The molecule has 2 atom stereocenters. The molecule has 1 rings (SSSR count). The molecule has 1 N–H and O–H groups in total. The van der Waals surface area contributed by atoms with Crippen molar-refractivity contribution in [3.8, 4) is 0 Å². The first-order valence-electron chi connectivity index (χ1n) is 10.8. The van der Waals surface area contributed by atoms with E-state index in [9.17, 15) is 14.7 Å². The van der Waals surface area contributed by atoms with Crippen molar-refractivity contribution < 1.29 is 19.4 Å². The van der Waals surface area contributed by atoms with Gasteiger partial charge < -0.3 is 9.84 Å². The minimum Gasteiger partial charge on any atom is -0.481 e. The van der Waals surface area contributed by atoms with Gasteiger partial charge in [-0.2, -0.15) is 0 Å². The molecule has 0 heterocycles. The molecule has 0 aromatic heterocycles. The van der Waals surface area contributed by atoms with Gasteiger partial charge in [0.25, 0.3) is 0 Å². The molecule has 1 aliphatic rings. The van der Waals surface area contributed by atoms with Gasteiger partial charge in [0.1, 0.15) is 0 Å². The molecule has 152 valence electrons. The van der Waals surface area contributed by atoms with Gasteiger partial charge >= 0.3 is 11.9 Å². The molecule has 1 saturated carbocycles. The van der Waals surface area contributed by atoms with Crippen molar-refractivity contribution in [3.05, 3.63) is 0 Å². The summed E-state index contributed by atoms with van der Waals surface area (Å²) in [5.41, 5.74) is -0.861. The Morgan fingerprint density at radius 2 is 1.69 bits per heavy atom. The Morgan fingerprint density at radius 1 is 1.08 bits per heavy atom. The summed E-state index contributed by atoms with van der Waals surface area (Å²) in [5, 5.41) is 10.1. The number of carboxylic acid groups (broad SMARTS) is 1. The molecule has 0 bridgehead atoms. The second kappa shape index (κ2) is 11.6. The summed E-state index contributed by atoms with van der Waals surface area (Å²) < 4.78 is 5.71. The number of hydrogen-bond donors (Lipinski definition) is 1. The number of carbonyl (C=O) groups excluding carboxylic acids is 1. The van der Waals surface area contributed by atoms with E-state index in [1.807, 2.05) is 13.8 Å². The van der Waals surface area contributed by atoms with E-state index in [1.54, 1.807) is 0 Å². The van der Waals surface area contributed by atoms with Gasteiger partial charge in [-0.25, -0.2) is 0 Å². The monoisotopic (exact) mass is 368 g/mol. The smallest absolute Gasteiger partial charge is 0.313 e. The molecule has 4 heteroatoms. The fraction of sp³-hybridized carbons (Fsp3) is 0.909. The topological polar surface area (TPSA) is 63.6 Å². The van der Waals surface area contributed by atoms with Gasteiger partial charge in [0.05, 0.1) is 17.9 Å². The SMILES string of the molecule is CCCCOC(=O)C(CCCC)(C1CCCCC1)C(CC(C)C)C(=O)O. The predicted octanol–water partition coefficient (Wildman–Crippen LogP) is 5.83. The maximum absolute atomic E-state index is 13.4. The van der Waals surface area contributed by atoms with Gasteiger partial charge in [-0.3, -0.25) is 9.59 Å². The Hall–Kier alpha value is -1.06. The van der Waals surface area contributed by atoms with Crippen LogP contribution in [0.1, 0.15) is 98.3 Å². The molecule has 1 fully saturated rings. The number of carboxylic acids is 1. The molecule has 0 spiro atoms. The summed E-state index contributed by atoms with van der Waals surface area (Å²) in [7, 11) is 0. The third-order valence-electron chi connectivity index (χ3n) is 6.02. The molecule has 2 unspecified atom stereocenters. The van der Waals surface area contributed by atoms with Crippen LogP contribution in [-0.4, -0.2) is 23.7 Å². The average molecular weight is 369 g/mol. The fourth-order valence-electron chi connectivity index (χ4n) is 4.61. The summed E-state index contributed by atoms with van der Waals surface area (Å²) in [6.45, 7) is 8.67. The van der Waals surface area contributed by atoms with Gasteiger partial charge in [-0.05, 0) is 43.9 Å². The number of carbonyl (C=O) groups is 2. The Balaban J connectivity index is 3.29. The third kappa shape index (κ3) is 5.99. The molecule has 4 nitrogen and oxygen atoms in total. The Morgan fingerprint density at radius 3 is 2.19 bits per heavy atom. The van der Waals surface area contributed by atoms with Crippen LogP contribution in [-0.2, 0) is 14.3 Å². The van der Waals surface area contributed by atoms with Crippen LogP contribution in [0.2, 0.25) is 0 Å². The highest BCUT2D eigenvalue weighted by molar-refractivity contribution is 5.85. The van der Waals surface area contributed by atoms with E-state index in [-0.39, 0.29) is 17.8 Å². The van der Waals surface area contributed by atoms with E-state index in [2.05, 4.69) is 13.8 Å². The first-order valence-corrected chi connectivity index (χ1v) is 10.8. The summed E-state index contributed by atoms with van der Waals surface area (Å²) in [4.78, 5) is 25.7. The fourth-order valence-corrected chi connectivity index (χ4v) is 4.61. The van der Waals surface area contributed by atoms with Crippen molar-refractivity contribution in [1.82, 2.24) is 0 Å². The van der Waals surface area contributed by atoms with Crippen LogP contribution in [0.3, 0.4) is 0 Å². The van der Waals surface area contributed by atoms with Crippen LogP contribution in [0, 0.1) is 23.2 Å². The van der Waals surface area contributed by atoms with Crippen molar-refractivity contribution in [1.29, 1.82) is 0 Å². The van der Waals surface area contributed by atoms with E-state index < -0.39 is 17.3 Å². The van der Waals surface area contributed by atoms with E-state index in [1.165, 1.54) is 6.42 Å². The molecule has 26 heavy (non-hydrogen) atoms. The Kier molecular flexibility index (Phi) is 10.3. The highest BCUT2D eigenvalue weighted by Crippen LogP contribution is 2.50. The van der Waals surface area contributed by atoms with Gasteiger partial charge in [0.15, 0.2) is 0 Å². The van der Waals surface area contributed by atoms with Gasteiger partial charge in [-0.15, -0.1) is 0 Å². The number of ether oxygens (including phenoxy) is 1. The molecule has 0 aromatic carbocycles. The van der Waals surface area contributed by atoms with Crippen LogP contribution in [0.4, 0.5) is 0 Å². The third-order valence-corrected chi connectivity index (χ3v) is 6.02. The van der Waals surface area contributed by atoms with Crippen molar-refractivity contribution in [3.63, 3.8) is 0 Å². The van der Waals surface area contributed by atoms with Gasteiger partial charge in [0, 0.05) is 0 Å². The number of rotatable bonds is 12. The van der Waals surface area contributed by atoms with Crippen molar-refractivity contribution in [2.75, 3.05) is 6.61 Å². The molecular formula is C22H40O4. The molecule has 0 amide bonds. The molecular weight excluding hydrogens is 328 g/mol. The molecule has 0 saturated heterocycles. The highest BCUT2D eigenvalue weighted by atomic mass is 16.5. The lowest BCUT2D eigenvalue weighted by atomic mass is 9.58. The minimum absolute atomic E-state index is 0.136. The maximum atomic E-state index is 13.4. The standard InChI is InChI=1S/C22H40O4/c1-5-7-14-22(18-12-10-9-11-13-18,21(25)26-15-8-6-2)19(20(23)24)16-17(3)4/h17-19H,5-16H2,1-4H3,(H,23,24). The van der Waals surface area contributed by atoms with Crippen LogP contribution >= 0.6 is 0 Å². The summed E-state index contributed by atoms with van der Waals surface area (Å²) in [6, 6.07) is 0. The summed E-state index contributed by atoms with van der Waals surface area (Å²) >= 11 is 0. The second-order valence-electron chi connectivity index (χ2n) is 8.49. The van der Waals surface area contributed by atoms with Crippen molar-refractivity contribution >= 4 is 11.9 Å². The van der Waals surface area contributed by atoms with Crippen LogP contribution in [0.5, 0.6) is 0 Å². The number of unbranched alkanes of at least 4 members (excludes halogenated alkanes) is 2. The zero-order valence-electron chi connectivity index (χ0n) is 17.4. The number of hydrogen-bond acceptors (Lipinski definition) is 3. The van der Waals surface area contributed by atoms with E-state index in [4.69, 9.17) is 4.74 Å². The Labute approximate surface area is 160 Å². The van der Waals surface area contributed by atoms with Crippen LogP contribution in [0.25, 0.3) is 0 Å². The van der Waals surface area contributed by atoms with Crippen molar-refractivity contribution in [2.24, 2.45) is 23.2 Å². The molecule has 1 aliphatic carbocycles. The van der Waals surface area contributed by atoms with Crippen LogP contribution in [0.15, 0.2) is 0 Å². The molecule has 0 aliphatic heterocycles. The number of aliphatic carboxylic acids is 1. The normalized spacial score (nSPS) is 19.1. The quantitative estimate of drug-likeness (QED) is 0.347. The largest absolute Gasteiger partial charge is 0.481 e. The van der Waals surface area contributed by atoms with Crippen molar-refractivity contribution in [2.45, 2.75) is 98.3 Å². The Bertz CT molecular complexity index is 426. The maximum Gasteiger partial charge on any atom is 0.313 e. The summed E-state index contributed by atoms with van der Waals surface area (Å²) in [6.07, 6.45) is 10.1. The molecule has 0 aromatic rings. The van der Waals surface area contributed by atoms with E-state index >= 15 is 0 Å². The first-order chi connectivity index (χ1) is 12.4. The van der Waals surface area contributed by atoms with Gasteiger partial charge in [-0.1, -0.05) is 66.2 Å². The van der Waals surface area contributed by atoms with E-state index in [0.29, 0.717) is 19.4 Å². The van der Waals surface area contributed by atoms with Gasteiger partial charge in [0.2, 0.25) is 0 Å². The second-order valence-corrected chi connectivity index (χ2v) is 8.49. The summed E-state index contributed by atoms with van der Waals surface area (Å²) in [5.74, 6) is -1.33. The first kappa shape index (κ1) is 23.0. The lowest BCUT2D eigenvalue weighted by molar-refractivity contribution is -0.176. The minimum atomic E-state index is -0.861. The zero-order valence-corrected chi connectivity index (χ0v) is 17.4. The predicted molar refractivity (Wildman–Crippen MR) is 105 cm³/mol. The zero-order chi connectivity index (χ0) is 19.6. The highest BCUT2D eigenvalue weighted by Gasteiger charge is 2.54. The average Bonchev–Trinajstić information content (AvgIpc) is 2.62. The lowest BCUT2D eigenvalue weighted by Crippen LogP contribution is -2.50. The molecule has 0 radical (unpaired) electrons. The van der Waals surface area contributed by atoms with Crippen LogP contribution < -0.4 is 0 Å². The lowest BCUT2D eigenvalue weighted by Gasteiger charge is -2.45. The number of esters is 1.